The fourth-order valence-corrected chi connectivity index (χ4v) is 5.13. The topological polar surface area (TPSA) is 86.8 Å². The van der Waals surface area contributed by atoms with Crippen molar-refractivity contribution < 1.29 is 22.4 Å². The van der Waals surface area contributed by atoms with Crippen LogP contribution in [-0.4, -0.2) is 49.5 Å². The van der Waals surface area contributed by atoms with Crippen molar-refractivity contribution in [1.82, 2.24) is 10.2 Å². The number of benzene rings is 3. The van der Waals surface area contributed by atoms with Gasteiger partial charge in [-0.1, -0.05) is 58.4 Å². The van der Waals surface area contributed by atoms with Gasteiger partial charge >= 0.3 is 0 Å². The molecule has 0 aliphatic carbocycles. The highest BCUT2D eigenvalue weighted by Crippen LogP contribution is 2.23. The van der Waals surface area contributed by atoms with Crippen molar-refractivity contribution in [2.24, 2.45) is 0 Å². The molecule has 0 aliphatic rings. The predicted octanol–water partition coefficient (Wildman–Crippen LogP) is 4.91. The Morgan fingerprint density at radius 3 is 2.05 bits per heavy atom. The van der Waals surface area contributed by atoms with Crippen molar-refractivity contribution in [2.45, 2.75) is 45.3 Å². The molecule has 0 aromatic heterocycles. The van der Waals surface area contributed by atoms with E-state index in [0.29, 0.717) is 11.3 Å². The first-order valence-electron chi connectivity index (χ1n) is 12.4. The summed E-state index contributed by atoms with van der Waals surface area (Å²) in [6, 6.07) is 20.5. The first kappa shape index (κ1) is 30.3. The fraction of sp³-hybridized carbons (Fsp3) is 0.310. The van der Waals surface area contributed by atoms with Gasteiger partial charge in [0.1, 0.15) is 18.4 Å². The largest absolute Gasteiger partial charge is 0.350 e. The first-order chi connectivity index (χ1) is 18.2. The SMILES string of the molecule is CC(C)(C)NC(=O)C(Cc1ccccc1)N(Cc1ccc(F)cc1)C(=O)CN(c1ccc(Br)cc1)S(C)(=O)=O. The van der Waals surface area contributed by atoms with E-state index in [1.54, 1.807) is 36.4 Å². The van der Waals surface area contributed by atoms with E-state index in [1.807, 2.05) is 51.1 Å². The van der Waals surface area contributed by atoms with Crippen LogP contribution in [0.1, 0.15) is 31.9 Å². The fourth-order valence-electron chi connectivity index (χ4n) is 4.01. The van der Waals surface area contributed by atoms with E-state index in [2.05, 4.69) is 21.2 Å². The first-order valence-corrected chi connectivity index (χ1v) is 15.0. The van der Waals surface area contributed by atoms with Gasteiger partial charge in [0.05, 0.1) is 11.9 Å². The zero-order chi connectivity index (χ0) is 28.8. The molecule has 0 saturated heterocycles. The molecular formula is C29H33BrFN3O4S. The van der Waals surface area contributed by atoms with Gasteiger partial charge in [0.25, 0.3) is 0 Å². The maximum absolute atomic E-state index is 14.0. The summed E-state index contributed by atoms with van der Waals surface area (Å²) in [5.41, 5.74) is 1.17. The molecule has 2 amide bonds. The summed E-state index contributed by atoms with van der Waals surface area (Å²) in [5.74, 6) is -1.38. The van der Waals surface area contributed by atoms with E-state index in [0.717, 1.165) is 20.6 Å². The highest BCUT2D eigenvalue weighted by atomic mass is 79.9. The van der Waals surface area contributed by atoms with Crippen LogP contribution in [0, 0.1) is 5.82 Å². The summed E-state index contributed by atoms with van der Waals surface area (Å²) in [6.07, 6.45) is 1.23. The van der Waals surface area contributed by atoms with Crippen LogP contribution >= 0.6 is 15.9 Å². The number of rotatable bonds is 10. The summed E-state index contributed by atoms with van der Waals surface area (Å²) < 4.78 is 41.0. The maximum atomic E-state index is 14.0. The minimum Gasteiger partial charge on any atom is -0.350 e. The van der Waals surface area contributed by atoms with Gasteiger partial charge in [0.2, 0.25) is 21.8 Å². The Morgan fingerprint density at radius 1 is 0.923 bits per heavy atom. The normalized spacial score (nSPS) is 12.5. The van der Waals surface area contributed by atoms with Gasteiger partial charge in [-0.25, -0.2) is 12.8 Å². The second kappa shape index (κ2) is 12.7. The highest BCUT2D eigenvalue weighted by Gasteiger charge is 2.34. The lowest BCUT2D eigenvalue weighted by Gasteiger charge is -2.35. The van der Waals surface area contributed by atoms with Crippen LogP contribution in [0.3, 0.4) is 0 Å². The third-order valence-electron chi connectivity index (χ3n) is 5.83. The molecule has 7 nitrogen and oxygen atoms in total. The number of carbonyl (C=O) groups is 2. The molecule has 208 valence electrons. The molecule has 1 N–H and O–H groups in total. The number of anilines is 1. The molecule has 0 fully saturated rings. The zero-order valence-electron chi connectivity index (χ0n) is 22.4. The molecule has 3 aromatic carbocycles. The molecular weight excluding hydrogens is 585 g/mol. The molecule has 10 heteroatoms. The summed E-state index contributed by atoms with van der Waals surface area (Å²) in [7, 11) is -3.85. The van der Waals surface area contributed by atoms with E-state index in [4.69, 9.17) is 0 Å². The van der Waals surface area contributed by atoms with Gasteiger partial charge < -0.3 is 10.2 Å². The number of sulfonamides is 1. The molecule has 0 spiro atoms. The number of hydrogen-bond acceptors (Lipinski definition) is 4. The molecule has 3 rings (SSSR count). The zero-order valence-corrected chi connectivity index (χ0v) is 24.8. The number of nitrogens with one attached hydrogen (secondary N) is 1. The molecule has 0 bridgehead atoms. The summed E-state index contributed by atoms with van der Waals surface area (Å²) in [5, 5.41) is 2.96. The van der Waals surface area contributed by atoms with Crippen molar-refractivity contribution in [3.8, 4) is 0 Å². The Morgan fingerprint density at radius 2 is 1.51 bits per heavy atom. The smallest absolute Gasteiger partial charge is 0.244 e. The van der Waals surface area contributed by atoms with Crippen LogP contribution in [0.25, 0.3) is 0 Å². The number of carbonyl (C=O) groups excluding carboxylic acids is 2. The van der Waals surface area contributed by atoms with Crippen LogP contribution in [0.2, 0.25) is 0 Å². The van der Waals surface area contributed by atoms with Crippen molar-refractivity contribution in [3.63, 3.8) is 0 Å². The second-order valence-corrected chi connectivity index (χ2v) is 13.2. The number of amides is 2. The molecule has 3 aromatic rings. The lowest BCUT2D eigenvalue weighted by Crippen LogP contribution is -2.56. The number of halogens is 2. The molecule has 0 heterocycles. The minimum atomic E-state index is -3.85. The van der Waals surface area contributed by atoms with Crippen LogP contribution in [-0.2, 0) is 32.6 Å². The van der Waals surface area contributed by atoms with E-state index < -0.39 is 39.9 Å². The number of nitrogens with zero attached hydrogens (tertiary/aromatic N) is 2. The number of hydrogen-bond donors (Lipinski definition) is 1. The third-order valence-corrected chi connectivity index (χ3v) is 7.50. The summed E-state index contributed by atoms with van der Waals surface area (Å²) in [6.45, 7) is 4.99. The quantitative estimate of drug-likeness (QED) is 0.350. The average molecular weight is 619 g/mol. The van der Waals surface area contributed by atoms with E-state index in [-0.39, 0.29) is 18.9 Å². The predicted molar refractivity (Wildman–Crippen MR) is 155 cm³/mol. The van der Waals surface area contributed by atoms with Gasteiger partial charge in [-0.15, -0.1) is 0 Å². The highest BCUT2D eigenvalue weighted by molar-refractivity contribution is 9.10. The van der Waals surface area contributed by atoms with Gasteiger partial charge in [0, 0.05) is 23.0 Å². The Kier molecular flexibility index (Phi) is 9.90. The standard InChI is InChI=1S/C29H33BrFN3O4S/c1-29(2,3)32-28(36)26(18-21-8-6-5-7-9-21)33(19-22-10-14-24(31)15-11-22)27(35)20-34(39(4,37)38)25-16-12-23(30)13-17-25/h5-17,26H,18-20H2,1-4H3,(H,32,36). The summed E-state index contributed by atoms with van der Waals surface area (Å²) >= 11 is 3.34. The molecule has 0 saturated carbocycles. The Hall–Kier alpha value is -3.24. The van der Waals surface area contributed by atoms with Crippen molar-refractivity contribution in [2.75, 3.05) is 17.1 Å². The Bertz CT molecular complexity index is 1380. The van der Waals surface area contributed by atoms with Gasteiger partial charge in [0.15, 0.2) is 0 Å². The molecule has 39 heavy (non-hydrogen) atoms. The summed E-state index contributed by atoms with van der Waals surface area (Å²) in [4.78, 5) is 29.0. The molecule has 0 aliphatic heterocycles. The Balaban J connectivity index is 2.06. The van der Waals surface area contributed by atoms with Crippen molar-refractivity contribution in [1.29, 1.82) is 0 Å². The van der Waals surface area contributed by atoms with E-state index >= 15 is 0 Å². The Labute approximate surface area is 238 Å². The van der Waals surface area contributed by atoms with Crippen molar-refractivity contribution in [3.05, 3.63) is 100 Å². The molecule has 1 atom stereocenters. The van der Waals surface area contributed by atoms with Crippen LogP contribution in [0.15, 0.2) is 83.3 Å². The van der Waals surface area contributed by atoms with E-state index in [1.165, 1.54) is 17.0 Å². The second-order valence-electron chi connectivity index (χ2n) is 10.3. The van der Waals surface area contributed by atoms with Gasteiger partial charge in [-0.05, 0) is 68.3 Å². The van der Waals surface area contributed by atoms with Crippen LogP contribution in [0.5, 0.6) is 0 Å². The van der Waals surface area contributed by atoms with Crippen LogP contribution in [0.4, 0.5) is 10.1 Å². The lowest BCUT2D eigenvalue weighted by atomic mass is 10.0. The lowest BCUT2D eigenvalue weighted by molar-refractivity contribution is -0.140. The monoisotopic (exact) mass is 617 g/mol. The minimum absolute atomic E-state index is 0.0217. The van der Waals surface area contributed by atoms with Gasteiger partial charge in [-0.2, -0.15) is 0 Å². The molecule has 0 radical (unpaired) electrons. The molecule has 1 unspecified atom stereocenters. The van der Waals surface area contributed by atoms with Crippen LogP contribution < -0.4 is 9.62 Å². The van der Waals surface area contributed by atoms with Gasteiger partial charge in [-0.3, -0.25) is 13.9 Å². The third kappa shape index (κ3) is 9.18. The average Bonchev–Trinajstić information content (AvgIpc) is 2.85. The maximum Gasteiger partial charge on any atom is 0.244 e. The van der Waals surface area contributed by atoms with E-state index in [9.17, 15) is 22.4 Å². The van der Waals surface area contributed by atoms with Crippen molar-refractivity contribution >= 4 is 43.5 Å².